The third-order valence-electron chi connectivity index (χ3n) is 4.91. The highest BCUT2D eigenvalue weighted by atomic mass is 19.4. The SMILES string of the molecule is CCN(C)C(=O)c1cc(C(F)(F)F)ccc1Oc1ccc(-c2cccc(CCO)n2)cc1. The van der Waals surface area contributed by atoms with E-state index in [1.165, 1.54) is 11.9 Å². The molecule has 8 heteroatoms. The predicted molar refractivity (Wildman–Crippen MR) is 115 cm³/mol. The molecule has 0 aliphatic carbocycles. The van der Waals surface area contributed by atoms with Crippen molar-refractivity contribution < 1.29 is 27.8 Å². The normalized spacial score (nSPS) is 11.3. The van der Waals surface area contributed by atoms with Gasteiger partial charge in [0, 0.05) is 37.9 Å². The molecule has 0 saturated carbocycles. The highest BCUT2D eigenvalue weighted by Crippen LogP contribution is 2.35. The Bertz CT molecular complexity index is 1080. The maximum Gasteiger partial charge on any atom is 0.416 e. The van der Waals surface area contributed by atoms with Gasteiger partial charge < -0.3 is 14.7 Å². The molecule has 168 valence electrons. The third-order valence-corrected chi connectivity index (χ3v) is 4.91. The largest absolute Gasteiger partial charge is 0.457 e. The Balaban J connectivity index is 1.89. The van der Waals surface area contributed by atoms with Crippen molar-refractivity contribution in [2.45, 2.75) is 19.5 Å². The second-order valence-electron chi connectivity index (χ2n) is 7.14. The molecule has 0 bridgehead atoms. The number of halogens is 3. The van der Waals surface area contributed by atoms with Crippen LogP contribution in [0.15, 0.2) is 60.7 Å². The van der Waals surface area contributed by atoms with Crippen LogP contribution in [-0.2, 0) is 12.6 Å². The van der Waals surface area contributed by atoms with Crippen LogP contribution in [-0.4, -0.2) is 41.1 Å². The van der Waals surface area contributed by atoms with E-state index >= 15 is 0 Å². The van der Waals surface area contributed by atoms with E-state index in [-0.39, 0.29) is 17.9 Å². The molecule has 1 aromatic heterocycles. The number of benzene rings is 2. The zero-order valence-electron chi connectivity index (χ0n) is 17.7. The quantitative estimate of drug-likeness (QED) is 0.545. The van der Waals surface area contributed by atoms with Crippen molar-refractivity contribution in [2.24, 2.45) is 0 Å². The number of hydrogen-bond donors (Lipinski definition) is 1. The molecular formula is C24H23F3N2O3. The number of carbonyl (C=O) groups is 1. The lowest BCUT2D eigenvalue weighted by atomic mass is 10.1. The van der Waals surface area contributed by atoms with Crippen LogP contribution in [0, 0.1) is 0 Å². The third kappa shape index (κ3) is 5.45. The summed E-state index contributed by atoms with van der Waals surface area (Å²) in [6.07, 6.45) is -4.12. The number of alkyl halides is 3. The first-order valence-corrected chi connectivity index (χ1v) is 10.0. The van der Waals surface area contributed by atoms with Gasteiger partial charge in [-0.25, -0.2) is 0 Å². The molecule has 0 atom stereocenters. The van der Waals surface area contributed by atoms with Crippen molar-refractivity contribution in [1.29, 1.82) is 0 Å². The van der Waals surface area contributed by atoms with Gasteiger partial charge in [0.05, 0.1) is 16.8 Å². The van der Waals surface area contributed by atoms with E-state index in [2.05, 4.69) is 4.98 Å². The number of nitrogens with zero attached hydrogens (tertiary/aromatic N) is 2. The molecule has 1 N–H and O–H groups in total. The van der Waals surface area contributed by atoms with Gasteiger partial charge in [-0.3, -0.25) is 9.78 Å². The molecule has 2 aromatic carbocycles. The van der Waals surface area contributed by atoms with Gasteiger partial charge in [-0.1, -0.05) is 6.07 Å². The van der Waals surface area contributed by atoms with Crippen molar-refractivity contribution in [3.63, 3.8) is 0 Å². The first kappa shape index (κ1) is 23.3. The van der Waals surface area contributed by atoms with Crippen LogP contribution in [0.5, 0.6) is 11.5 Å². The fourth-order valence-electron chi connectivity index (χ4n) is 3.03. The van der Waals surface area contributed by atoms with Gasteiger partial charge in [0.1, 0.15) is 11.5 Å². The monoisotopic (exact) mass is 444 g/mol. The Labute approximate surface area is 184 Å². The average Bonchev–Trinajstić information content (AvgIpc) is 2.78. The number of aromatic nitrogens is 1. The lowest BCUT2D eigenvalue weighted by molar-refractivity contribution is -0.137. The van der Waals surface area contributed by atoms with E-state index in [0.29, 0.717) is 18.7 Å². The number of carbonyl (C=O) groups excluding carboxylic acids is 1. The summed E-state index contributed by atoms with van der Waals surface area (Å²) in [5.74, 6) is -0.151. The zero-order valence-corrected chi connectivity index (χ0v) is 17.7. The smallest absolute Gasteiger partial charge is 0.416 e. The van der Waals surface area contributed by atoms with Crippen molar-refractivity contribution in [2.75, 3.05) is 20.2 Å². The van der Waals surface area contributed by atoms with E-state index in [9.17, 15) is 18.0 Å². The number of aliphatic hydroxyl groups is 1. The number of aliphatic hydroxyl groups excluding tert-OH is 1. The number of hydrogen-bond acceptors (Lipinski definition) is 4. The van der Waals surface area contributed by atoms with Crippen LogP contribution in [0.2, 0.25) is 0 Å². The van der Waals surface area contributed by atoms with Gasteiger partial charge in [0.15, 0.2) is 0 Å². The highest BCUT2D eigenvalue weighted by molar-refractivity contribution is 5.97. The molecule has 0 aliphatic rings. The van der Waals surface area contributed by atoms with Crippen LogP contribution < -0.4 is 4.74 Å². The van der Waals surface area contributed by atoms with Gasteiger partial charge in [-0.05, 0) is 61.5 Å². The number of ether oxygens (including phenoxy) is 1. The summed E-state index contributed by atoms with van der Waals surface area (Å²) in [6.45, 7) is 2.07. The van der Waals surface area contributed by atoms with E-state index < -0.39 is 17.6 Å². The Morgan fingerprint density at radius 2 is 1.81 bits per heavy atom. The molecule has 1 amide bonds. The summed E-state index contributed by atoms with van der Waals surface area (Å²) in [4.78, 5) is 18.4. The minimum Gasteiger partial charge on any atom is -0.457 e. The molecule has 0 spiro atoms. The maximum atomic E-state index is 13.2. The van der Waals surface area contributed by atoms with Gasteiger partial charge in [0.25, 0.3) is 5.91 Å². The fourth-order valence-corrected chi connectivity index (χ4v) is 3.03. The van der Waals surface area contributed by atoms with Crippen LogP contribution in [0.1, 0.15) is 28.5 Å². The summed E-state index contributed by atoms with van der Waals surface area (Å²) in [5, 5.41) is 9.08. The first-order chi connectivity index (χ1) is 15.2. The fraction of sp³-hybridized carbons (Fsp3) is 0.250. The molecule has 3 rings (SSSR count). The van der Waals surface area contributed by atoms with Crippen molar-refractivity contribution in [3.8, 4) is 22.8 Å². The molecule has 0 radical (unpaired) electrons. The van der Waals surface area contributed by atoms with E-state index in [1.807, 2.05) is 18.2 Å². The predicted octanol–water partition coefficient (Wildman–Crippen LogP) is 5.19. The number of rotatable bonds is 7. The highest BCUT2D eigenvalue weighted by Gasteiger charge is 2.32. The van der Waals surface area contributed by atoms with Gasteiger partial charge in [-0.2, -0.15) is 13.2 Å². The maximum absolute atomic E-state index is 13.2. The summed E-state index contributed by atoms with van der Waals surface area (Å²) in [7, 11) is 1.51. The van der Waals surface area contributed by atoms with Crippen molar-refractivity contribution in [1.82, 2.24) is 9.88 Å². The molecule has 32 heavy (non-hydrogen) atoms. The number of amides is 1. The molecule has 0 unspecified atom stereocenters. The summed E-state index contributed by atoms with van der Waals surface area (Å²) in [5.41, 5.74) is 1.22. The molecule has 0 saturated heterocycles. The lowest BCUT2D eigenvalue weighted by Crippen LogP contribution is -2.27. The van der Waals surface area contributed by atoms with Crippen LogP contribution in [0.4, 0.5) is 13.2 Å². The Hall–Kier alpha value is -3.39. The van der Waals surface area contributed by atoms with E-state index in [1.54, 1.807) is 31.2 Å². The Morgan fingerprint density at radius 1 is 1.09 bits per heavy atom. The van der Waals surface area contributed by atoms with Crippen LogP contribution in [0.3, 0.4) is 0 Å². The van der Waals surface area contributed by atoms with Gasteiger partial charge in [0.2, 0.25) is 0 Å². The molecule has 0 aliphatic heterocycles. The molecule has 3 aromatic rings. The minimum absolute atomic E-state index is 0.00460. The summed E-state index contributed by atoms with van der Waals surface area (Å²) >= 11 is 0. The Kier molecular flexibility index (Phi) is 7.15. The molecule has 0 fully saturated rings. The molecular weight excluding hydrogens is 421 g/mol. The van der Waals surface area contributed by atoms with Gasteiger partial charge in [-0.15, -0.1) is 0 Å². The number of pyridine rings is 1. The molecule has 5 nitrogen and oxygen atoms in total. The first-order valence-electron chi connectivity index (χ1n) is 10.0. The lowest BCUT2D eigenvalue weighted by Gasteiger charge is -2.19. The second kappa shape index (κ2) is 9.82. The average molecular weight is 444 g/mol. The zero-order chi connectivity index (χ0) is 23.3. The second-order valence-corrected chi connectivity index (χ2v) is 7.14. The minimum atomic E-state index is -4.57. The Morgan fingerprint density at radius 3 is 2.44 bits per heavy atom. The standard InChI is InChI=1S/C24H23F3N2O3/c1-3-29(2)23(31)20-15-17(24(25,26)27)9-12-22(20)32-19-10-7-16(8-11-19)21-6-4-5-18(28-21)13-14-30/h4-12,15,30H,3,13-14H2,1-2H3. The summed E-state index contributed by atoms with van der Waals surface area (Å²) in [6, 6.07) is 15.2. The van der Waals surface area contributed by atoms with Crippen molar-refractivity contribution in [3.05, 3.63) is 77.5 Å². The van der Waals surface area contributed by atoms with E-state index in [4.69, 9.17) is 9.84 Å². The topological polar surface area (TPSA) is 62.7 Å². The summed E-state index contributed by atoms with van der Waals surface area (Å²) < 4.78 is 45.3. The van der Waals surface area contributed by atoms with Crippen LogP contribution >= 0.6 is 0 Å². The van der Waals surface area contributed by atoms with Gasteiger partial charge >= 0.3 is 6.18 Å². The molecule has 1 heterocycles. The van der Waals surface area contributed by atoms with Crippen LogP contribution in [0.25, 0.3) is 11.3 Å². The van der Waals surface area contributed by atoms with Crippen molar-refractivity contribution >= 4 is 5.91 Å². The van der Waals surface area contributed by atoms with E-state index in [0.717, 1.165) is 35.2 Å².